The predicted octanol–water partition coefficient (Wildman–Crippen LogP) is 4.14. The second kappa shape index (κ2) is 8.97. The molecule has 1 saturated heterocycles. The molecule has 1 saturated carbocycles. The van der Waals surface area contributed by atoms with Gasteiger partial charge in [-0.3, -0.25) is 0 Å². The van der Waals surface area contributed by atoms with Crippen LogP contribution in [0.4, 0.5) is 0 Å². The van der Waals surface area contributed by atoms with Crippen LogP contribution in [0.2, 0.25) is 0 Å². The molecule has 1 atom stereocenters. The average molecular weight is 267 g/mol. The Balaban J connectivity index is 1.76. The molecule has 0 aromatic heterocycles. The zero-order valence-electron chi connectivity index (χ0n) is 12.8. The summed E-state index contributed by atoms with van der Waals surface area (Å²) in [7, 11) is 0. The van der Waals surface area contributed by atoms with Crippen LogP contribution in [0.3, 0.4) is 0 Å². The van der Waals surface area contributed by atoms with Gasteiger partial charge < -0.3 is 10.1 Å². The predicted molar refractivity (Wildman–Crippen MR) is 81.4 cm³/mol. The quantitative estimate of drug-likeness (QED) is 0.730. The van der Waals surface area contributed by atoms with Crippen molar-refractivity contribution < 1.29 is 4.74 Å². The first-order valence-corrected chi connectivity index (χ1v) is 8.69. The molecule has 1 aliphatic heterocycles. The number of hydrogen-bond donors (Lipinski definition) is 1. The van der Waals surface area contributed by atoms with E-state index in [1.165, 1.54) is 64.2 Å². The Morgan fingerprint density at radius 2 is 1.47 bits per heavy atom. The van der Waals surface area contributed by atoms with E-state index >= 15 is 0 Å². The van der Waals surface area contributed by atoms with Gasteiger partial charge in [-0.25, -0.2) is 0 Å². The average Bonchev–Trinajstić information content (AvgIpc) is 2.69. The molecule has 0 amide bonds. The monoisotopic (exact) mass is 267 g/mol. The molecule has 2 rings (SSSR count). The maximum absolute atomic E-state index is 5.49. The first-order valence-electron chi connectivity index (χ1n) is 8.69. The summed E-state index contributed by atoms with van der Waals surface area (Å²) in [5, 5.41) is 3.76. The number of rotatable bonds is 6. The second-order valence-electron chi connectivity index (χ2n) is 6.64. The minimum atomic E-state index is 0.760. The molecule has 1 aliphatic carbocycles. The minimum absolute atomic E-state index is 0.760. The van der Waals surface area contributed by atoms with Crippen LogP contribution < -0.4 is 5.32 Å². The molecule has 1 N–H and O–H groups in total. The summed E-state index contributed by atoms with van der Waals surface area (Å²) in [5.41, 5.74) is 0. The summed E-state index contributed by atoms with van der Waals surface area (Å²) >= 11 is 0. The Hall–Kier alpha value is -0.0800. The van der Waals surface area contributed by atoms with Crippen molar-refractivity contribution in [2.75, 3.05) is 19.8 Å². The van der Waals surface area contributed by atoms with Crippen LogP contribution in [-0.2, 0) is 4.74 Å². The van der Waals surface area contributed by atoms with E-state index in [-0.39, 0.29) is 0 Å². The van der Waals surface area contributed by atoms with Crippen LogP contribution in [0, 0.1) is 11.8 Å². The van der Waals surface area contributed by atoms with Gasteiger partial charge in [0.25, 0.3) is 0 Å². The fourth-order valence-corrected chi connectivity index (χ4v) is 3.94. The van der Waals surface area contributed by atoms with Crippen LogP contribution in [0.25, 0.3) is 0 Å². The van der Waals surface area contributed by atoms with Crippen LogP contribution in [0.5, 0.6) is 0 Å². The lowest BCUT2D eigenvalue weighted by atomic mass is 9.86. The van der Waals surface area contributed by atoms with E-state index in [2.05, 4.69) is 12.2 Å². The third kappa shape index (κ3) is 5.83. The Bertz CT molecular complexity index is 217. The van der Waals surface area contributed by atoms with Gasteiger partial charge >= 0.3 is 0 Å². The molecule has 2 nitrogen and oxygen atoms in total. The van der Waals surface area contributed by atoms with Gasteiger partial charge in [-0.1, -0.05) is 45.4 Å². The third-order valence-corrected chi connectivity index (χ3v) is 5.04. The zero-order chi connectivity index (χ0) is 13.3. The molecule has 2 heteroatoms. The Labute approximate surface area is 119 Å². The summed E-state index contributed by atoms with van der Waals surface area (Å²) in [5.74, 6) is 1.90. The van der Waals surface area contributed by atoms with Crippen molar-refractivity contribution >= 4 is 0 Å². The summed E-state index contributed by atoms with van der Waals surface area (Å²) in [6.07, 6.45) is 14.2. The molecule has 0 bridgehead atoms. The molecule has 0 radical (unpaired) electrons. The number of nitrogens with one attached hydrogen (secondary N) is 1. The van der Waals surface area contributed by atoms with Gasteiger partial charge in [0.2, 0.25) is 0 Å². The Morgan fingerprint density at radius 3 is 2.05 bits per heavy atom. The van der Waals surface area contributed by atoms with Crippen molar-refractivity contribution in [2.24, 2.45) is 11.8 Å². The van der Waals surface area contributed by atoms with Gasteiger partial charge in [-0.2, -0.15) is 0 Å². The fraction of sp³-hybridized carbons (Fsp3) is 1.00. The van der Waals surface area contributed by atoms with Crippen LogP contribution in [0.1, 0.15) is 71.1 Å². The molecular formula is C17H33NO. The SMILES string of the molecule is CCNC(CC1CCCCCC1)CC1CCOCC1. The Morgan fingerprint density at radius 1 is 0.895 bits per heavy atom. The lowest BCUT2D eigenvalue weighted by molar-refractivity contribution is 0.0594. The normalized spacial score (nSPS) is 25.1. The van der Waals surface area contributed by atoms with Crippen molar-refractivity contribution in [2.45, 2.75) is 77.2 Å². The summed E-state index contributed by atoms with van der Waals surface area (Å²) in [4.78, 5) is 0. The van der Waals surface area contributed by atoms with Crippen LogP contribution >= 0.6 is 0 Å². The molecule has 1 unspecified atom stereocenters. The highest BCUT2D eigenvalue weighted by Crippen LogP contribution is 2.29. The standard InChI is InChI=1S/C17H33NO/c1-2-18-17(14-16-9-11-19-12-10-16)13-15-7-5-3-4-6-8-15/h15-18H,2-14H2,1H3. The smallest absolute Gasteiger partial charge is 0.0468 e. The lowest BCUT2D eigenvalue weighted by Gasteiger charge is -2.29. The van der Waals surface area contributed by atoms with Crippen molar-refractivity contribution in [1.82, 2.24) is 5.32 Å². The molecule has 0 aromatic carbocycles. The lowest BCUT2D eigenvalue weighted by Crippen LogP contribution is -2.34. The van der Waals surface area contributed by atoms with Crippen LogP contribution in [-0.4, -0.2) is 25.8 Å². The van der Waals surface area contributed by atoms with Crippen molar-refractivity contribution in [1.29, 1.82) is 0 Å². The minimum Gasteiger partial charge on any atom is -0.381 e. The van der Waals surface area contributed by atoms with E-state index in [1.807, 2.05) is 0 Å². The van der Waals surface area contributed by atoms with Crippen LogP contribution in [0.15, 0.2) is 0 Å². The molecule has 19 heavy (non-hydrogen) atoms. The zero-order valence-corrected chi connectivity index (χ0v) is 12.8. The van der Waals surface area contributed by atoms with Gasteiger partial charge in [0.05, 0.1) is 0 Å². The molecule has 1 heterocycles. The van der Waals surface area contributed by atoms with Crippen molar-refractivity contribution in [3.63, 3.8) is 0 Å². The van der Waals surface area contributed by atoms with E-state index in [4.69, 9.17) is 4.74 Å². The maximum Gasteiger partial charge on any atom is 0.0468 e. The molecule has 2 fully saturated rings. The summed E-state index contributed by atoms with van der Waals surface area (Å²) in [6.45, 7) is 5.37. The van der Waals surface area contributed by atoms with Gasteiger partial charge in [0.15, 0.2) is 0 Å². The molecule has 2 aliphatic rings. The van der Waals surface area contributed by atoms with Gasteiger partial charge in [-0.15, -0.1) is 0 Å². The van der Waals surface area contributed by atoms with Crippen molar-refractivity contribution in [3.8, 4) is 0 Å². The first-order chi connectivity index (χ1) is 9.38. The van der Waals surface area contributed by atoms with Gasteiger partial charge in [0.1, 0.15) is 0 Å². The van der Waals surface area contributed by atoms with Gasteiger partial charge in [0, 0.05) is 19.3 Å². The topological polar surface area (TPSA) is 21.3 Å². The van der Waals surface area contributed by atoms with E-state index in [0.29, 0.717) is 0 Å². The number of hydrogen-bond acceptors (Lipinski definition) is 2. The third-order valence-electron chi connectivity index (χ3n) is 5.04. The molecule has 0 aromatic rings. The molecule has 0 spiro atoms. The highest BCUT2D eigenvalue weighted by atomic mass is 16.5. The molecule has 112 valence electrons. The number of ether oxygens (including phenoxy) is 1. The maximum atomic E-state index is 5.49. The second-order valence-corrected chi connectivity index (χ2v) is 6.64. The largest absolute Gasteiger partial charge is 0.381 e. The van der Waals surface area contributed by atoms with E-state index in [1.54, 1.807) is 0 Å². The van der Waals surface area contributed by atoms with E-state index < -0.39 is 0 Å². The van der Waals surface area contributed by atoms with Crippen molar-refractivity contribution in [3.05, 3.63) is 0 Å². The highest BCUT2D eigenvalue weighted by Gasteiger charge is 2.22. The Kier molecular flexibility index (Phi) is 7.23. The summed E-state index contributed by atoms with van der Waals surface area (Å²) < 4.78 is 5.49. The van der Waals surface area contributed by atoms with E-state index in [9.17, 15) is 0 Å². The fourth-order valence-electron chi connectivity index (χ4n) is 3.94. The molecular weight excluding hydrogens is 234 g/mol. The summed E-state index contributed by atoms with van der Waals surface area (Å²) in [6, 6.07) is 0.760. The highest BCUT2D eigenvalue weighted by molar-refractivity contribution is 4.77. The van der Waals surface area contributed by atoms with E-state index in [0.717, 1.165) is 37.6 Å². The van der Waals surface area contributed by atoms with Gasteiger partial charge in [-0.05, 0) is 44.1 Å². The first kappa shape index (κ1) is 15.3.